The Hall–Kier alpha value is -0.830. The lowest BCUT2D eigenvalue weighted by atomic mass is 10.1. The third kappa shape index (κ3) is 3.05. The van der Waals surface area contributed by atoms with Gasteiger partial charge in [0.15, 0.2) is 0 Å². The second kappa shape index (κ2) is 4.93. The number of nitrogens with one attached hydrogen (secondary N) is 1. The zero-order chi connectivity index (χ0) is 8.81. The van der Waals surface area contributed by atoms with E-state index < -0.39 is 0 Å². The molecule has 0 aromatic rings. The minimum Gasteiger partial charge on any atom is -0.379 e. The van der Waals surface area contributed by atoms with Gasteiger partial charge in [0.05, 0.1) is 12.6 Å². The highest BCUT2D eigenvalue weighted by Gasteiger charge is 2.14. The molecule has 1 N–H and O–H groups in total. The molecule has 1 heterocycles. The van der Waals surface area contributed by atoms with Crippen molar-refractivity contribution in [3.63, 3.8) is 0 Å². The first kappa shape index (κ1) is 9.26. The molecular formula is C9H15NO2. The van der Waals surface area contributed by atoms with Crippen LogP contribution in [0.15, 0.2) is 12.2 Å². The van der Waals surface area contributed by atoms with Crippen LogP contribution in [0.2, 0.25) is 0 Å². The van der Waals surface area contributed by atoms with Gasteiger partial charge in [0.2, 0.25) is 5.91 Å². The Morgan fingerprint density at radius 2 is 2.50 bits per heavy atom. The predicted molar refractivity (Wildman–Crippen MR) is 46.8 cm³/mol. The van der Waals surface area contributed by atoms with E-state index in [1.807, 2.05) is 6.92 Å². The predicted octanol–water partition coefficient (Wildman–Crippen LogP) is 0.858. The first-order chi connectivity index (χ1) is 5.83. The van der Waals surface area contributed by atoms with Crippen LogP contribution in [0.25, 0.3) is 0 Å². The summed E-state index contributed by atoms with van der Waals surface area (Å²) >= 11 is 0. The molecule has 0 bridgehead atoms. The highest BCUT2D eigenvalue weighted by molar-refractivity contribution is 5.87. The number of hydrogen-bond acceptors (Lipinski definition) is 2. The van der Waals surface area contributed by atoms with E-state index in [0.717, 1.165) is 19.4 Å². The van der Waals surface area contributed by atoms with Crippen molar-refractivity contribution in [3.8, 4) is 0 Å². The van der Waals surface area contributed by atoms with Crippen LogP contribution in [0.1, 0.15) is 19.8 Å². The van der Waals surface area contributed by atoms with Gasteiger partial charge in [-0.25, -0.2) is 0 Å². The molecule has 3 heteroatoms. The van der Waals surface area contributed by atoms with E-state index in [4.69, 9.17) is 4.74 Å². The Balaban J connectivity index is 2.24. The normalized spacial score (nSPS) is 24.2. The van der Waals surface area contributed by atoms with Gasteiger partial charge < -0.3 is 10.1 Å². The molecular weight excluding hydrogens is 154 g/mol. The van der Waals surface area contributed by atoms with Crippen LogP contribution in [-0.4, -0.2) is 25.2 Å². The molecule has 1 amide bonds. The van der Waals surface area contributed by atoms with Crippen molar-refractivity contribution < 1.29 is 9.53 Å². The maximum Gasteiger partial charge on any atom is 0.243 e. The summed E-state index contributed by atoms with van der Waals surface area (Å²) in [4.78, 5) is 11.1. The number of ether oxygens (including phenoxy) is 1. The third-order valence-corrected chi connectivity index (χ3v) is 1.82. The fourth-order valence-electron chi connectivity index (χ4n) is 1.26. The number of amides is 1. The summed E-state index contributed by atoms with van der Waals surface area (Å²) < 4.78 is 5.22. The monoisotopic (exact) mass is 169 g/mol. The Bertz CT molecular complexity index is 171. The lowest BCUT2D eigenvalue weighted by Crippen LogP contribution is -2.39. The van der Waals surface area contributed by atoms with E-state index in [-0.39, 0.29) is 11.9 Å². The van der Waals surface area contributed by atoms with Crippen LogP contribution in [-0.2, 0) is 9.53 Å². The molecule has 1 fully saturated rings. The first-order valence-corrected chi connectivity index (χ1v) is 4.34. The minimum atomic E-state index is -0.0204. The summed E-state index contributed by atoms with van der Waals surface area (Å²) in [5.41, 5.74) is 0. The second-order valence-corrected chi connectivity index (χ2v) is 2.92. The van der Waals surface area contributed by atoms with Gasteiger partial charge in [0.25, 0.3) is 0 Å². The Morgan fingerprint density at radius 3 is 3.08 bits per heavy atom. The smallest absolute Gasteiger partial charge is 0.243 e. The van der Waals surface area contributed by atoms with Crippen molar-refractivity contribution >= 4 is 5.91 Å². The maximum atomic E-state index is 11.1. The van der Waals surface area contributed by atoms with Crippen LogP contribution in [0, 0.1) is 0 Å². The quantitative estimate of drug-likeness (QED) is 0.622. The lowest BCUT2D eigenvalue weighted by molar-refractivity contribution is -0.118. The van der Waals surface area contributed by atoms with Gasteiger partial charge in [-0.15, -0.1) is 0 Å². The summed E-state index contributed by atoms with van der Waals surface area (Å²) in [6, 6.07) is 0.211. The molecule has 0 saturated carbocycles. The van der Waals surface area contributed by atoms with Crippen molar-refractivity contribution in [1.29, 1.82) is 0 Å². The van der Waals surface area contributed by atoms with Crippen LogP contribution in [0.5, 0.6) is 0 Å². The number of hydrogen-bond donors (Lipinski definition) is 1. The van der Waals surface area contributed by atoms with E-state index in [1.54, 1.807) is 6.08 Å². The molecule has 68 valence electrons. The minimum absolute atomic E-state index is 0.0204. The average Bonchev–Trinajstić information content (AvgIpc) is 2.06. The largest absolute Gasteiger partial charge is 0.379 e. The highest BCUT2D eigenvalue weighted by atomic mass is 16.5. The lowest BCUT2D eigenvalue weighted by Gasteiger charge is -2.22. The summed E-state index contributed by atoms with van der Waals surface area (Å²) in [6.07, 6.45) is 5.34. The van der Waals surface area contributed by atoms with Gasteiger partial charge in [0, 0.05) is 6.61 Å². The van der Waals surface area contributed by atoms with Crippen molar-refractivity contribution in [2.24, 2.45) is 0 Å². The van der Waals surface area contributed by atoms with E-state index in [9.17, 15) is 4.79 Å². The first-order valence-electron chi connectivity index (χ1n) is 4.34. The number of rotatable bonds is 2. The van der Waals surface area contributed by atoms with E-state index in [0.29, 0.717) is 6.61 Å². The fourth-order valence-corrected chi connectivity index (χ4v) is 1.26. The number of carbonyl (C=O) groups excluding carboxylic acids is 1. The standard InChI is InChI=1S/C9H15NO2/c1-2-4-9(11)10-8-5-3-6-12-7-8/h2,4,8H,3,5-7H2,1H3,(H,10,11)/b4-2+/t8-/m1/s1. The zero-order valence-electron chi connectivity index (χ0n) is 7.38. The van der Waals surface area contributed by atoms with Crippen molar-refractivity contribution in [2.75, 3.05) is 13.2 Å². The van der Waals surface area contributed by atoms with Gasteiger partial charge in [-0.3, -0.25) is 4.79 Å². The van der Waals surface area contributed by atoms with Crippen molar-refractivity contribution in [1.82, 2.24) is 5.32 Å². The van der Waals surface area contributed by atoms with Gasteiger partial charge in [0.1, 0.15) is 0 Å². The summed E-state index contributed by atoms with van der Waals surface area (Å²) in [7, 11) is 0. The molecule has 1 aliphatic heterocycles. The molecule has 1 atom stereocenters. The third-order valence-electron chi connectivity index (χ3n) is 1.82. The van der Waals surface area contributed by atoms with Gasteiger partial charge in [-0.05, 0) is 25.8 Å². The second-order valence-electron chi connectivity index (χ2n) is 2.92. The number of allylic oxidation sites excluding steroid dienone is 1. The van der Waals surface area contributed by atoms with Crippen molar-refractivity contribution in [2.45, 2.75) is 25.8 Å². The van der Waals surface area contributed by atoms with Crippen LogP contribution in [0.3, 0.4) is 0 Å². The molecule has 0 unspecified atom stereocenters. The highest BCUT2D eigenvalue weighted by Crippen LogP contribution is 2.05. The van der Waals surface area contributed by atoms with E-state index in [1.165, 1.54) is 6.08 Å². The molecule has 1 saturated heterocycles. The summed E-state index contributed by atoms with van der Waals surface area (Å²) in [6.45, 7) is 3.32. The zero-order valence-corrected chi connectivity index (χ0v) is 7.38. The van der Waals surface area contributed by atoms with E-state index >= 15 is 0 Å². The van der Waals surface area contributed by atoms with Gasteiger partial charge >= 0.3 is 0 Å². The van der Waals surface area contributed by atoms with Crippen LogP contribution < -0.4 is 5.32 Å². The van der Waals surface area contributed by atoms with Gasteiger partial charge in [-0.2, -0.15) is 0 Å². The molecule has 1 aliphatic rings. The molecule has 0 spiro atoms. The van der Waals surface area contributed by atoms with E-state index in [2.05, 4.69) is 5.32 Å². The Kier molecular flexibility index (Phi) is 3.80. The van der Waals surface area contributed by atoms with Gasteiger partial charge in [-0.1, -0.05) is 6.08 Å². The summed E-state index contributed by atoms with van der Waals surface area (Å²) in [5, 5.41) is 2.87. The SMILES string of the molecule is C/C=C/C(=O)N[C@@H]1CCCOC1. The molecule has 12 heavy (non-hydrogen) atoms. The molecule has 1 rings (SSSR count). The Labute approximate surface area is 72.8 Å². The molecule has 0 aliphatic carbocycles. The van der Waals surface area contributed by atoms with Crippen LogP contribution in [0.4, 0.5) is 0 Å². The topological polar surface area (TPSA) is 38.3 Å². The Morgan fingerprint density at radius 1 is 1.67 bits per heavy atom. The number of carbonyl (C=O) groups is 1. The molecule has 0 aromatic heterocycles. The summed E-state index contributed by atoms with van der Waals surface area (Å²) in [5.74, 6) is -0.0204. The molecule has 3 nitrogen and oxygen atoms in total. The van der Waals surface area contributed by atoms with Crippen molar-refractivity contribution in [3.05, 3.63) is 12.2 Å². The molecule has 0 aromatic carbocycles. The maximum absolute atomic E-state index is 11.1. The average molecular weight is 169 g/mol. The van der Waals surface area contributed by atoms with Crippen LogP contribution >= 0.6 is 0 Å². The molecule has 0 radical (unpaired) electrons. The fraction of sp³-hybridized carbons (Fsp3) is 0.667.